The van der Waals surface area contributed by atoms with E-state index < -0.39 is 0 Å². The Morgan fingerprint density at radius 2 is 1.85 bits per heavy atom. The van der Waals surface area contributed by atoms with Crippen molar-refractivity contribution in [1.82, 2.24) is 0 Å². The van der Waals surface area contributed by atoms with Gasteiger partial charge in [0.15, 0.2) is 16.8 Å². The molecule has 1 N–H and O–H groups in total. The van der Waals surface area contributed by atoms with Crippen molar-refractivity contribution in [1.29, 1.82) is 0 Å². The fraction of sp³-hybridized carbons (Fsp3) is 0.0625. The number of phenolic OH excluding ortho intramolecular Hbond substituents is 1. The lowest BCUT2D eigenvalue weighted by Crippen LogP contribution is -2.00. The average molecular weight is 268 g/mol. The van der Waals surface area contributed by atoms with Gasteiger partial charge in [0.25, 0.3) is 0 Å². The maximum Gasteiger partial charge on any atom is 0.202 e. The van der Waals surface area contributed by atoms with Crippen molar-refractivity contribution < 1.29 is 14.3 Å². The zero-order chi connectivity index (χ0) is 14.1. The predicted molar refractivity (Wildman–Crippen MR) is 76.1 cm³/mol. The third-order valence-corrected chi connectivity index (χ3v) is 3.11. The molecule has 4 nitrogen and oxygen atoms in total. The highest BCUT2D eigenvalue weighted by Gasteiger charge is 2.13. The molecule has 0 spiro atoms. The van der Waals surface area contributed by atoms with Crippen LogP contribution in [0.25, 0.3) is 22.3 Å². The SMILES string of the molecule is COc1ccc2c(=O)cc(-c3ccccc3)oc2c1O. The van der Waals surface area contributed by atoms with Crippen LogP contribution >= 0.6 is 0 Å². The van der Waals surface area contributed by atoms with E-state index in [4.69, 9.17) is 9.15 Å². The Morgan fingerprint density at radius 1 is 1.10 bits per heavy atom. The molecule has 0 fully saturated rings. The van der Waals surface area contributed by atoms with Crippen LogP contribution in [-0.2, 0) is 0 Å². The van der Waals surface area contributed by atoms with E-state index in [2.05, 4.69) is 0 Å². The highest BCUT2D eigenvalue weighted by atomic mass is 16.5. The molecule has 0 saturated heterocycles. The number of methoxy groups -OCH3 is 1. The second kappa shape index (κ2) is 4.74. The van der Waals surface area contributed by atoms with Crippen molar-refractivity contribution in [3.8, 4) is 22.8 Å². The van der Waals surface area contributed by atoms with Crippen LogP contribution in [0.3, 0.4) is 0 Å². The summed E-state index contributed by atoms with van der Waals surface area (Å²) in [6.07, 6.45) is 0. The zero-order valence-electron chi connectivity index (χ0n) is 10.8. The van der Waals surface area contributed by atoms with E-state index >= 15 is 0 Å². The molecule has 0 amide bonds. The normalized spacial score (nSPS) is 10.7. The Bertz CT molecular complexity index is 819. The van der Waals surface area contributed by atoms with Gasteiger partial charge in [-0.2, -0.15) is 0 Å². The topological polar surface area (TPSA) is 59.7 Å². The fourth-order valence-corrected chi connectivity index (χ4v) is 2.10. The molecular formula is C16H12O4. The number of phenols is 1. The van der Waals surface area contributed by atoms with Gasteiger partial charge >= 0.3 is 0 Å². The maximum absolute atomic E-state index is 12.1. The molecule has 1 aromatic heterocycles. The van der Waals surface area contributed by atoms with Crippen molar-refractivity contribution >= 4 is 11.0 Å². The zero-order valence-corrected chi connectivity index (χ0v) is 10.8. The van der Waals surface area contributed by atoms with Gasteiger partial charge in [0.2, 0.25) is 5.75 Å². The monoisotopic (exact) mass is 268 g/mol. The summed E-state index contributed by atoms with van der Waals surface area (Å²) in [6.45, 7) is 0. The molecule has 0 aliphatic carbocycles. The van der Waals surface area contributed by atoms with Crippen molar-refractivity contribution in [3.63, 3.8) is 0 Å². The summed E-state index contributed by atoms with van der Waals surface area (Å²) in [6, 6.07) is 13.8. The van der Waals surface area contributed by atoms with Crippen LogP contribution in [0.5, 0.6) is 11.5 Å². The number of hydrogen-bond acceptors (Lipinski definition) is 4. The largest absolute Gasteiger partial charge is 0.502 e. The summed E-state index contributed by atoms with van der Waals surface area (Å²) in [5, 5.41) is 10.4. The Balaban J connectivity index is 2.33. The lowest BCUT2D eigenvalue weighted by atomic mass is 10.1. The van der Waals surface area contributed by atoms with Gasteiger partial charge in [-0.05, 0) is 12.1 Å². The van der Waals surface area contributed by atoms with Crippen LogP contribution in [0, 0.1) is 0 Å². The third kappa shape index (κ3) is 1.91. The van der Waals surface area contributed by atoms with Crippen LogP contribution in [-0.4, -0.2) is 12.2 Å². The highest BCUT2D eigenvalue weighted by molar-refractivity contribution is 5.86. The van der Waals surface area contributed by atoms with Gasteiger partial charge in [0.05, 0.1) is 12.5 Å². The van der Waals surface area contributed by atoms with Gasteiger partial charge in [-0.3, -0.25) is 4.79 Å². The number of hydrogen-bond donors (Lipinski definition) is 1. The molecule has 1 heterocycles. The van der Waals surface area contributed by atoms with E-state index in [1.807, 2.05) is 30.3 Å². The minimum absolute atomic E-state index is 0.135. The molecule has 0 saturated carbocycles. The van der Waals surface area contributed by atoms with Crippen LogP contribution in [0.15, 0.2) is 57.7 Å². The van der Waals surface area contributed by atoms with E-state index in [1.54, 1.807) is 6.07 Å². The molecular weight excluding hydrogens is 256 g/mol. The molecule has 20 heavy (non-hydrogen) atoms. The first-order valence-corrected chi connectivity index (χ1v) is 6.10. The summed E-state index contributed by atoms with van der Waals surface area (Å²) < 4.78 is 10.7. The first-order chi connectivity index (χ1) is 9.70. The summed E-state index contributed by atoms with van der Waals surface area (Å²) >= 11 is 0. The Kier molecular flexibility index (Phi) is 2.91. The summed E-state index contributed by atoms with van der Waals surface area (Å²) in [5.41, 5.74) is 0.701. The van der Waals surface area contributed by atoms with Crippen LogP contribution in [0.4, 0.5) is 0 Å². The third-order valence-electron chi connectivity index (χ3n) is 3.11. The Hall–Kier alpha value is -2.75. The van der Waals surface area contributed by atoms with Crippen molar-refractivity contribution in [2.45, 2.75) is 0 Å². The second-order valence-electron chi connectivity index (χ2n) is 4.33. The van der Waals surface area contributed by atoms with Gasteiger partial charge in [-0.25, -0.2) is 0 Å². The first-order valence-electron chi connectivity index (χ1n) is 6.10. The minimum Gasteiger partial charge on any atom is -0.502 e. The molecule has 2 aromatic carbocycles. The van der Waals surface area contributed by atoms with E-state index in [0.29, 0.717) is 11.1 Å². The molecule has 0 aliphatic heterocycles. The fourth-order valence-electron chi connectivity index (χ4n) is 2.10. The van der Waals surface area contributed by atoms with E-state index in [1.165, 1.54) is 19.2 Å². The summed E-state index contributed by atoms with van der Waals surface area (Å²) in [4.78, 5) is 12.1. The van der Waals surface area contributed by atoms with Crippen LogP contribution < -0.4 is 10.2 Å². The van der Waals surface area contributed by atoms with Crippen molar-refractivity contribution in [2.75, 3.05) is 7.11 Å². The van der Waals surface area contributed by atoms with E-state index in [-0.39, 0.29) is 22.5 Å². The van der Waals surface area contributed by atoms with Gasteiger partial charge in [0, 0.05) is 11.6 Å². The number of fused-ring (bicyclic) bond motifs is 1. The Morgan fingerprint density at radius 3 is 2.55 bits per heavy atom. The second-order valence-corrected chi connectivity index (χ2v) is 4.33. The van der Waals surface area contributed by atoms with Gasteiger partial charge < -0.3 is 14.3 Å². The van der Waals surface area contributed by atoms with Crippen LogP contribution in [0.2, 0.25) is 0 Å². The van der Waals surface area contributed by atoms with Gasteiger partial charge in [0.1, 0.15) is 5.76 Å². The van der Waals surface area contributed by atoms with E-state index in [0.717, 1.165) is 5.56 Å². The molecule has 0 bridgehead atoms. The molecule has 4 heteroatoms. The van der Waals surface area contributed by atoms with E-state index in [9.17, 15) is 9.90 Å². The number of ether oxygens (including phenoxy) is 1. The average Bonchev–Trinajstić information content (AvgIpc) is 2.49. The minimum atomic E-state index is -0.206. The smallest absolute Gasteiger partial charge is 0.202 e. The maximum atomic E-state index is 12.1. The molecule has 0 atom stereocenters. The van der Waals surface area contributed by atoms with Crippen molar-refractivity contribution in [2.24, 2.45) is 0 Å². The summed E-state index contributed by atoms with van der Waals surface area (Å²) in [7, 11) is 1.44. The quantitative estimate of drug-likeness (QED) is 0.775. The van der Waals surface area contributed by atoms with Gasteiger partial charge in [-0.1, -0.05) is 30.3 Å². The lowest BCUT2D eigenvalue weighted by Gasteiger charge is -2.07. The van der Waals surface area contributed by atoms with Gasteiger partial charge in [-0.15, -0.1) is 0 Å². The number of aromatic hydroxyl groups is 1. The molecule has 3 rings (SSSR count). The molecule has 3 aromatic rings. The lowest BCUT2D eigenvalue weighted by molar-refractivity contribution is 0.371. The molecule has 100 valence electrons. The molecule has 0 radical (unpaired) electrons. The van der Waals surface area contributed by atoms with Crippen LogP contribution in [0.1, 0.15) is 0 Å². The Labute approximate surface area is 114 Å². The standard InChI is InChI=1S/C16H12O4/c1-19-13-8-7-11-12(17)9-14(20-16(11)15(13)18)10-5-3-2-4-6-10/h2-9,18H,1H3. The number of rotatable bonds is 2. The molecule has 0 aliphatic rings. The highest BCUT2D eigenvalue weighted by Crippen LogP contribution is 2.34. The summed E-state index contributed by atoms with van der Waals surface area (Å²) in [5.74, 6) is 0.511. The predicted octanol–water partition coefficient (Wildman–Crippen LogP) is 3.17. The molecule has 0 unspecified atom stereocenters. The number of benzene rings is 2. The first kappa shape index (κ1) is 12.3. The van der Waals surface area contributed by atoms with Crippen molar-refractivity contribution in [3.05, 3.63) is 58.8 Å².